The van der Waals surface area contributed by atoms with Crippen molar-refractivity contribution in [3.8, 4) is 0 Å². The van der Waals surface area contributed by atoms with E-state index in [-0.39, 0.29) is 24.4 Å². The fourth-order valence-corrected chi connectivity index (χ4v) is 3.02. The smallest absolute Gasteiger partial charge is 0.360 e. The predicted octanol–water partition coefficient (Wildman–Crippen LogP) is 2.12. The van der Waals surface area contributed by atoms with E-state index in [0.717, 1.165) is 12.1 Å². The summed E-state index contributed by atoms with van der Waals surface area (Å²) in [7, 11) is 0. The van der Waals surface area contributed by atoms with Crippen molar-refractivity contribution in [2.75, 3.05) is 24.6 Å². The van der Waals surface area contributed by atoms with Crippen LogP contribution < -0.4 is 4.90 Å². The van der Waals surface area contributed by atoms with Crippen molar-refractivity contribution in [1.82, 2.24) is 19.3 Å². The molecule has 0 aromatic carbocycles. The number of rotatable bonds is 5. The van der Waals surface area contributed by atoms with Gasteiger partial charge in [0.15, 0.2) is 11.3 Å². The van der Waals surface area contributed by atoms with Gasteiger partial charge in [-0.15, -0.1) is 0 Å². The SMILES string of the molecule is CCOC(=O)c1ncn2c(CC)cc(N3CCN(C(C)C)C3=O)nc12. The first kappa shape index (κ1) is 17.2. The molecule has 0 N–H and O–H groups in total. The molecule has 8 heteroatoms. The minimum absolute atomic E-state index is 0.0638. The summed E-state index contributed by atoms with van der Waals surface area (Å²) in [6, 6.07) is 1.95. The summed E-state index contributed by atoms with van der Waals surface area (Å²) in [5, 5.41) is 0. The van der Waals surface area contributed by atoms with E-state index >= 15 is 0 Å². The summed E-state index contributed by atoms with van der Waals surface area (Å²) in [6.07, 6.45) is 2.30. The number of fused-ring (bicyclic) bond motifs is 1. The van der Waals surface area contributed by atoms with E-state index in [9.17, 15) is 9.59 Å². The summed E-state index contributed by atoms with van der Waals surface area (Å²) in [5.41, 5.74) is 1.52. The van der Waals surface area contributed by atoms with E-state index in [1.165, 1.54) is 0 Å². The maximum absolute atomic E-state index is 12.6. The predicted molar refractivity (Wildman–Crippen MR) is 92.9 cm³/mol. The van der Waals surface area contributed by atoms with Gasteiger partial charge in [0.1, 0.15) is 12.1 Å². The lowest BCUT2D eigenvalue weighted by Crippen LogP contribution is -2.36. The molecule has 0 bridgehead atoms. The van der Waals surface area contributed by atoms with Gasteiger partial charge >= 0.3 is 12.0 Å². The minimum Gasteiger partial charge on any atom is -0.461 e. The topological polar surface area (TPSA) is 80.0 Å². The van der Waals surface area contributed by atoms with Gasteiger partial charge in [0.2, 0.25) is 0 Å². The number of aryl methyl sites for hydroxylation is 1. The molecule has 0 spiro atoms. The molecule has 1 saturated heterocycles. The van der Waals surface area contributed by atoms with Crippen LogP contribution in [0.4, 0.5) is 10.6 Å². The van der Waals surface area contributed by atoms with Crippen LogP contribution in [-0.4, -0.2) is 57.0 Å². The van der Waals surface area contributed by atoms with Crippen LogP contribution in [0.5, 0.6) is 0 Å². The lowest BCUT2D eigenvalue weighted by Gasteiger charge is -2.21. The molecule has 0 saturated carbocycles. The standard InChI is InChI=1S/C17H23N5O3/c1-5-12-9-13(21-8-7-20(11(3)4)17(21)24)19-15-14(16(23)25-6-2)18-10-22(12)15/h9-11H,5-8H2,1-4H3. The molecule has 25 heavy (non-hydrogen) atoms. The van der Waals surface area contributed by atoms with E-state index in [4.69, 9.17) is 4.74 Å². The molecule has 0 unspecified atom stereocenters. The number of esters is 1. The van der Waals surface area contributed by atoms with Gasteiger partial charge in [-0.05, 0) is 27.2 Å². The first-order valence-corrected chi connectivity index (χ1v) is 8.60. The van der Waals surface area contributed by atoms with E-state index in [1.54, 1.807) is 27.5 Å². The quantitative estimate of drug-likeness (QED) is 0.776. The second-order valence-electron chi connectivity index (χ2n) is 6.19. The van der Waals surface area contributed by atoms with Crippen molar-refractivity contribution in [1.29, 1.82) is 0 Å². The van der Waals surface area contributed by atoms with Gasteiger partial charge in [-0.1, -0.05) is 6.92 Å². The highest BCUT2D eigenvalue weighted by atomic mass is 16.5. The molecule has 3 heterocycles. The molecule has 2 amide bonds. The van der Waals surface area contributed by atoms with Gasteiger partial charge in [-0.2, -0.15) is 0 Å². The Bertz CT molecular complexity index is 814. The van der Waals surface area contributed by atoms with Crippen molar-refractivity contribution in [3.05, 3.63) is 23.8 Å². The Morgan fingerprint density at radius 3 is 2.68 bits per heavy atom. The Labute approximate surface area is 146 Å². The van der Waals surface area contributed by atoms with Crippen LogP contribution in [0, 0.1) is 0 Å². The maximum atomic E-state index is 12.6. The molecule has 3 rings (SSSR count). The highest BCUT2D eigenvalue weighted by molar-refractivity contribution is 5.96. The minimum atomic E-state index is -0.506. The van der Waals surface area contributed by atoms with Gasteiger partial charge in [-0.3, -0.25) is 9.30 Å². The van der Waals surface area contributed by atoms with E-state index in [2.05, 4.69) is 9.97 Å². The third kappa shape index (κ3) is 2.92. The average molecular weight is 345 g/mol. The molecular formula is C17H23N5O3. The third-order valence-electron chi connectivity index (χ3n) is 4.34. The molecule has 0 radical (unpaired) electrons. The normalized spacial score (nSPS) is 14.8. The maximum Gasteiger partial charge on any atom is 0.360 e. The van der Waals surface area contributed by atoms with Crippen LogP contribution in [0.25, 0.3) is 5.65 Å². The number of anilines is 1. The van der Waals surface area contributed by atoms with Crippen molar-refractivity contribution >= 4 is 23.5 Å². The third-order valence-corrected chi connectivity index (χ3v) is 4.34. The highest BCUT2D eigenvalue weighted by Gasteiger charge is 2.32. The summed E-state index contributed by atoms with van der Waals surface area (Å²) in [4.78, 5) is 36.9. The fourth-order valence-electron chi connectivity index (χ4n) is 3.02. The van der Waals surface area contributed by atoms with Crippen LogP contribution in [0.15, 0.2) is 12.4 Å². The van der Waals surface area contributed by atoms with Crippen molar-refractivity contribution in [2.24, 2.45) is 0 Å². The van der Waals surface area contributed by atoms with Crippen molar-refractivity contribution in [2.45, 2.75) is 40.2 Å². The highest BCUT2D eigenvalue weighted by Crippen LogP contribution is 2.23. The lowest BCUT2D eigenvalue weighted by atomic mass is 10.3. The van der Waals surface area contributed by atoms with Gasteiger partial charge < -0.3 is 9.64 Å². The van der Waals surface area contributed by atoms with Crippen molar-refractivity contribution < 1.29 is 14.3 Å². The zero-order valence-corrected chi connectivity index (χ0v) is 15.0. The molecule has 0 atom stereocenters. The Balaban J connectivity index is 2.06. The van der Waals surface area contributed by atoms with Crippen LogP contribution in [0.2, 0.25) is 0 Å². The zero-order chi connectivity index (χ0) is 18.1. The molecular weight excluding hydrogens is 322 g/mol. The number of amides is 2. The Morgan fingerprint density at radius 2 is 2.08 bits per heavy atom. The summed E-state index contributed by atoms with van der Waals surface area (Å²) in [6.45, 7) is 9.24. The second-order valence-corrected chi connectivity index (χ2v) is 6.19. The first-order valence-electron chi connectivity index (χ1n) is 8.60. The number of hydrogen-bond acceptors (Lipinski definition) is 5. The van der Waals surface area contributed by atoms with Gasteiger partial charge in [0.05, 0.1) is 6.61 Å². The van der Waals surface area contributed by atoms with E-state index in [0.29, 0.717) is 24.6 Å². The van der Waals surface area contributed by atoms with E-state index in [1.807, 2.05) is 26.8 Å². The number of hydrogen-bond donors (Lipinski definition) is 0. The Morgan fingerprint density at radius 1 is 1.32 bits per heavy atom. The van der Waals surface area contributed by atoms with Crippen LogP contribution in [-0.2, 0) is 11.2 Å². The lowest BCUT2D eigenvalue weighted by molar-refractivity contribution is 0.0522. The molecule has 134 valence electrons. The van der Waals surface area contributed by atoms with Gasteiger partial charge in [0.25, 0.3) is 0 Å². The second kappa shape index (κ2) is 6.70. The summed E-state index contributed by atoms with van der Waals surface area (Å²) < 4.78 is 6.83. The van der Waals surface area contributed by atoms with Gasteiger partial charge in [-0.25, -0.2) is 19.6 Å². The van der Waals surface area contributed by atoms with Crippen LogP contribution >= 0.6 is 0 Å². The number of imidazole rings is 1. The molecule has 1 fully saturated rings. The summed E-state index contributed by atoms with van der Waals surface area (Å²) in [5.74, 6) is 0.0387. The number of carbonyl (C=O) groups is 2. The number of ether oxygens (including phenoxy) is 1. The number of aromatic nitrogens is 3. The molecule has 2 aromatic heterocycles. The average Bonchev–Trinajstić information content (AvgIpc) is 3.17. The molecule has 1 aliphatic rings. The van der Waals surface area contributed by atoms with E-state index < -0.39 is 5.97 Å². The molecule has 8 nitrogen and oxygen atoms in total. The monoisotopic (exact) mass is 345 g/mol. The summed E-state index contributed by atoms with van der Waals surface area (Å²) >= 11 is 0. The van der Waals surface area contributed by atoms with Gasteiger partial charge in [0, 0.05) is 30.9 Å². The molecule has 0 aliphatic carbocycles. The number of carbonyl (C=O) groups excluding carboxylic acids is 2. The van der Waals surface area contributed by atoms with Crippen molar-refractivity contribution in [3.63, 3.8) is 0 Å². The first-order chi connectivity index (χ1) is 12.0. The van der Waals surface area contributed by atoms with Crippen LogP contribution in [0.3, 0.4) is 0 Å². The fraction of sp³-hybridized carbons (Fsp3) is 0.529. The Kier molecular flexibility index (Phi) is 4.61. The largest absolute Gasteiger partial charge is 0.461 e. The molecule has 1 aliphatic heterocycles. The molecule has 2 aromatic rings. The zero-order valence-electron chi connectivity index (χ0n) is 15.0. The number of urea groups is 1. The van der Waals surface area contributed by atoms with Crippen LogP contribution in [0.1, 0.15) is 43.9 Å². The Hall–Kier alpha value is -2.64. The number of nitrogens with zero attached hydrogens (tertiary/aromatic N) is 5.